The Labute approximate surface area is 197 Å². The SMILES string of the molecule is Nc1nccn2c(C3CCCCC3)nc(-c3cccc(OCc4ccccc4)c3)c12.O=C(O)O. The largest absolute Gasteiger partial charge is 0.503 e. The second-order valence-electron chi connectivity index (χ2n) is 8.27. The quantitative estimate of drug-likeness (QED) is 0.342. The Kier molecular flexibility index (Phi) is 7.27. The lowest BCUT2D eigenvalue weighted by molar-refractivity contribution is 0.137. The smallest absolute Gasteiger partial charge is 0.489 e. The summed E-state index contributed by atoms with van der Waals surface area (Å²) in [5.74, 6) is 2.90. The van der Waals surface area contributed by atoms with Crippen molar-refractivity contribution in [2.45, 2.75) is 44.6 Å². The molecule has 34 heavy (non-hydrogen) atoms. The summed E-state index contributed by atoms with van der Waals surface area (Å²) < 4.78 is 8.18. The average Bonchev–Trinajstić information content (AvgIpc) is 3.25. The van der Waals surface area contributed by atoms with Crippen molar-refractivity contribution in [2.75, 3.05) is 5.73 Å². The van der Waals surface area contributed by atoms with E-state index in [2.05, 4.69) is 27.6 Å². The molecule has 0 radical (unpaired) electrons. The van der Waals surface area contributed by atoms with Crippen LogP contribution in [0.15, 0.2) is 67.0 Å². The Bertz CT molecular complexity index is 1250. The number of carbonyl (C=O) groups is 1. The molecule has 4 N–H and O–H groups in total. The Morgan fingerprint density at radius 2 is 1.79 bits per heavy atom. The summed E-state index contributed by atoms with van der Waals surface area (Å²) in [4.78, 5) is 18.0. The number of rotatable bonds is 5. The maximum atomic E-state index is 8.56. The third-order valence-electron chi connectivity index (χ3n) is 5.94. The van der Waals surface area contributed by atoms with E-state index in [1.165, 1.54) is 32.1 Å². The fraction of sp³-hybridized carbons (Fsp3) is 0.269. The molecular formula is C26H28N4O4. The van der Waals surface area contributed by atoms with Crippen molar-refractivity contribution < 1.29 is 19.7 Å². The van der Waals surface area contributed by atoms with Crippen molar-refractivity contribution in [3.63, 3.8) is 0 Å². The summed E-state index contributed by atoms with van der Waals surface area (Å²) in [6, 6.07) is 18.3. The molecule has 2 aromatic heterocycles. The molecule has 8 nitrogen and oxygen atoms in total. The molecule has 1 fully saturated rings. The molecule has 1 aliphatic carbocycles. The van der Waals surface area contributed by atoms with Crippen LogP contribution in [0.2, 0.25) is 0 Å². The van der Waals surface area contributed by atoms with Crippen LogP contribution < -0.4 is 10.5 Å². The zero-order valence-corrected chi connectivity index (χ0v) is 18.8. The molecule has 1 aliphatic rings. The number of aromatic nitrogens is 3. The van der Waals surface area contributed by atoms with Gasteiger partial charge in [-0.1, -0.05) is 61.7 Å². The fourth-order valence-corrected chi connectivity index (χ4v) is 4.41. The van der Waals surface area contributed by atoms with Gasteiger partial charge in [0.05, 0.1) is 0 Å². The van der Waals surface area contributed by atoms with Gasteiger partial charge in [0.1, 0.15) is 35.2 Å². The molecule has 8 heteroatoms. The van der Waals surface area contributed by atoms with Gasteiger partial charge in [0.2, 0.25) is 0 Å². The number of nitrogen functional groups attached to an aromatic ring is 1. The van der Waals surface area contributed by atoms with E-state index in [-0.39, 0.29) is 0 Å². The minimum atomic E-state index is -1.83. The second-order valence-corrected chi connectivity index (χ2v) is 8.27. The highest BCUT2D eigenvalue weighted by Gasteiger charge is 2.24. The van der Waals surface area contributed by atoms with E-state index in [1.54, 1.807) is 6.20 Å². The first-order valence-electron chi connectivity index (χ1n) is 11.3. The molecule has 5 rings (SSSR count). The summed E-state index contributed by atoms with van der Waals surface area (Å²) in [7, 11) is 0. The van der Waals surface area contributed by atoms with Gasteiger partial charge in [-0.15, -0.1) is 0 Å². The van der Waals surface area contributed by atoms with Crippen LogP contribution in [0.5, 0.6) is 5.75 Å². The van der Waals surface area contributed by atoms with Crippen LogP contribution in [0.4, 0.5) is 10.6 Å². The first-order valence-corrected chi connectivity index (χ1v) is 11.3. The zero-order valence-electron chi connectivity index (χ0n) is 18.8. The molecule has 0 amide bonds. The number of nitrogens with two attached hydrogens (primary N) is 1. The van der Waals surface area contributed by atoms with E-state index in [1.807, 2.05) is 42.6 Å². The van der Waals surface area contributed by atoms with Crippen molar-refractivity contribution >= 4 is 17.5 Å². The molecule has 2 heterocycles. The summed E-state index contributed by atoms with van der Waals surface area (Å²) in [5, 5.41) is 13.9. The third kappa shape index (κ3) is 5.46. The number of carboxylic acid groups (broad SMARTS) is 2. The van der Waals surface area contributed by atoms with Crippen LogP contribution in [0, 0.1) is 0 Å². The molecule has 0 spiro atoms. The van der Waals surface area contributed by atoms with Crippen molar-refractivity contribution in [2.24, 2.45) is 0 Å². The Morgan fingerprint density at radius 3 is 2.53 bits per heavy atom. The van der Waals surface area contributed by atoms with Crippen molar-refractivity contribution in [3.8, 4) is 17.0 Å². The maximum Gasteiger partial charge on any atom is 0.503 e. The van der Waals surface area contributed by atoms with Gasteiger partial charge in [-0.2, -0.15) is 0 Å². The fourth-order valence-electron chi connectivity index (χ4n) is 4.41. The van der Waals surface area contributed by atoms with Crippen molar-refractivity contribution in [3.05, 3.63) is 78.4 Å². The standard InChI is InChI=1S/C25H26N4O.CH2O3/c26-24-23-22(28-25(29(23)15-14-27-24)19-10-5-2-6-11-19)20-12-7-13-21(16-20)30-17-18-8-3-1-4-9-18;2-1(3)4/h1,3-4,7-9,12-16,19H,2,5-6,10-11,17H2,(H2,26,27);(H2,2,3,4). The highest BCUT2D eigenvalue weighted by Crippen LogP contribution is 2.37. The number of anilines is 1. The minimum absolute atomic E-state index is 0.472. The minimum Gasteiger partial charge on any atom is -0.489 e. The Hall–Kier alpha value is -4.07. The summed E-state index contributed by atoms with van der Waals surface area (Å²) in [6.45, 7) is 0.533. The van der Waals surface area contributed by atoms with Gasteiger partial charge in [0.25, 0.3) is 0 Å². The molecule has 0 atom stereocenters. The molecule has 0 aliphatic heterocycles. The normalized spacial score (nSPS) is 13.8. The first kappa shape index (κ1) is 23.1. The number of nitrogens with zero attached hydrogens (tertiary/aromatic N) is 3. The summed E-state index contributed by atoms with van der Waals surface area (Å²) >= 11 is 0. The number of benzene rings is 2. The van der Waals surface area contributed by atoms with Crippen molar-refractivity contribution in [1.82, 2.24) is 14.4 Å². The van der Waals surface area contributed by atoms with Gasteiger partial charge in [-0.3, -0.25) is 4.40 Å². The van der Waals surface area contributed by atoms with Crippen LogP contribution >= 0.6 is 0 Å². The molecular weight excluding hydrogens is 432 g/mol. The first-order chi connectivity index (χ1) is 16.5. The van der Waals surface area contributed by atoms with Crippen LogP contribution in [0.3, 0.4) is 0 Å². The van der Waals surface area contributed by atoms with E-state index in [0.717, 1.165) is 33.9 Å². The van der Waals surface area contributed by atoms with Crippen LogP contribution in [-0.4, -0.2) is 30.7 Å². The average molecular weight is 461 g/mol. The summed E-state index contributed by atoms with van der Waals surface area (Å²) in [5.41, 5.74) is 10.2. The molecule has 0 saturated heterocycles. The van der Waals surface area contributed by atoms with E-state index in [9.17, 15) is 0 Å². The Balaban J connectivity index is 0.000000636. The molecule has 0 bridgehead atoms. The number of hydrogen-bond donors (Lipinski definition) is 3. The number of fused-ring (bicyclic) bond motifs is 1. The van der Waals surface area contributed by atoms with E-state index >= 15 is 0 Å². The van der Waals surface area contributed by atoms with E-state index < -0.39 is 6.16 Å². The van der Waals surface area contributed by atoms with E-state index in [4.69, 9.17) is 30.5 Å². The number of imidazole rings is 1. The molecule has 0 unspecified atom stereocenters. The van der Waals surface area contributed by atoms with Crippen molar-refractivity contribution in [1.29, 1.82) is 0 Å². The van der Waals surface area contributed by atoms with Gasteiger partial charge in [0.15, 0.2) is 0 Å². The molecule has 1 saturated carbocycles. The van der Waals surface area contributed by atoms with Crippen LogP contribution in [0.1, 0.15) is 49.4 Å². The highest BCUT2D eigenvalue weighted by molar-refractivity contribution is 5.85. The molecule has 2 aromatic carbocycles. The van der Waals surface area contributed by atoms with Crippen LogP contribution in [0.25, 0.3) is 16.8 Å². The maximum absolute atomic E-state index is 8.56. The van der Waals surface area contributed by atoms with Crippen LogP contribution in [-0.2, 0) is 6.61 Å². The molecule has 176 valence electrons. The summed E-state index contributed by atoms with van der Waals surface area (Å²) in [6.07, 6.45) is 8.12. The van der Waals surface area contributed by atoms with Gasteiger partial charge in [0, 0.05) is 23.9 Å². The lowest BCUT2D eigenvalue weighted by Crippen LogP contribution is -2.09. The van der Waals surface area contributed by atoms with Gasteiger partial charge >= 0.3 is 6.16 Å². The zero-order chi connectivity index (χ0) is 23.9. The highest BCUT2D eigenvalue weighted by atomic mass is 16.6. The topological polar surface area (TPSA) is 123 Å². The second kappa shape index (κ2) is 10.7. The third-order valence-corrected chi connectivity index (χ3v) is 5.94. The van der Waals surface area contributed by atoms with Gasteiger partial charge < -0.3 is 20.7 Å². The molecule has 4 aromatic rings. The number of ether oxygens (including phenoxy) is 1. The van der Waals surface area contributed by atoms with Gasteiger partial charge in [-0.05, 0) is 30.5 Å². The van der Waals surface area contributed by atoms with Gasteiger partial charge in [-0.25, -0.2) is 14.8 Å². The monoisotopic (exact) mass is 460 g/mol. The lowest BCUT2D eigenvalue weighted by atomic mass is 9.89. The lowest BCUT2D eigenvalue weighted by Gasteiger charge is -2.20. The predicted octanol–water partition coefficient (Wildman–Crippen LogP) is 5.83. The van der Waals surface area contributed by atoms with E-state index in [0.29, 0.717) is 18.3 Å². The Morgan fingerprint density at radius 1 is 1.06 bits per heavy atom. The predicted molar refractivity (Wildman–Crippen MR) is 130 cm³/mol. The number of hydrogen-bond acceptors (Lipinski definition) is 5.